The van der Waals surface area contributed by atoms with Crippen LogP contribution in [0.15, 0.2) is 42.7 Å². The number of amides is 1. The molecule has 0 unspecified atom stereocenters. The number of carbonyl (C=O) groups excluding carboxylic acids is 1. The van der Waals surface area contributed by atoms with Gasteiger partial charge in [0, 0.05) is 30.8 Å². The molecule has 1 heterocycles. The van der Waals surface area contributed by atoms with E-state index in [9.17, 15) is 4.79 Å². The zero-order chi connectivity index (χ0) is 15.1. The molecule has 2 rings (SSSR count). The van der Waals surface area contributed by atoms with E-state index in [0.29, 0.717) is 12.2 Å². The second-order valence-corrected chi connectivity index (χ2v) is 4.50. The normalized spacial score (nSPS) is 10.0. The Bertz CT molecular complexity index is 597. The number of hydrogen-bond donors (Lipinski definition) is 2. The molecule has 0 saturated heterocycles. The van der Waals surface area contributed by atoms with E-state index in [1.165, 1.54) is 0 Å². The molecule has 0 aliphatic carbocycles. The zero-order valence-corrected chi connectivity index (χ0v) is 12.2. The molecule has 0 aliphatic rings. The van der Waals surface area contributed by atoms with Crippen LogP contribution in [0.2, 0.25) is 0 Å². The van der Waals surface area contributed by atoms with E-state index < -0.39 is 0 Å². The topological polar surface area (TPSA) is 63.2 Å². The van der Waals surface area contributed by atoms with Crippen molar-refractivity contribution in [2.45, 2.75) is 13.3 Å². The average molecular weight is 285 g/mol. The molecule has 0 aliphatic heterocycles. The maximum atomic E-state index is 12.2. The Labute approximate surface area is 124 Å². The lowest BCUT2D eigenvalue weighted by Crippen LogP contribution is -2.14. The Morgan fingerprint density at radius 2 is 2.00 bits per heavy atom. The zero-order valence-electron chi connectivity index (χ0n) is 12.2. The number of ether oxygens (including phenoxy) is 1. The molecule has 0 radical (unpaired) electrons. The second-order valence-electron chi connectivity index (χ2n) is 4.50. The van der Waals surface area contributed by atoms with Crippen molar-refractivity contribution in [2.75, 3.05) is 24.3 Å². The molecule has 110 valence electrons. The molecule has 2 N–H and O–H groups in total. The molecular formula is C16H19N3O2. The highest BCUT2D eigenvalue weighted by molar-refractivity contribution is 6.07. The molecule has 0 bridgehead atoms. The molecule has 1 aromatic carbocycles. The summed E-state index contributed by atoms with van der Waals surface area (Å²) in [6.07, 6.45) is 4.15. The van der Waals surface area contributed by atoms with Gasteiger partial charge in [-0.1, -0.05) is 6.92 Å². The van der Waals surface area contributed by atoms with Crippen molar-refractivity contribution >= 4 is 17.3 Å². The van der Waals surface area contributed by atoms with Crippen LogP contribution in [-0.2, 0) is 0 Å². The first-order chi connectivity index (χ1) is 10.2. The fraction of sp³-hybridized carbons (Fsp3) is 0.250. The summed E-state index contributed by atoms with van der Waals surface area (Å²) >= 11 is 0. The number of hydrogen-bond acceptors (Lipinski definition) is 4. The van der Waals surface area contributed by atoms with Crippen LogP contribution in [0.3, 0.4) is 0 Å². The van der Waals surface area contributed by atoms with Gasteiger partial charge in [-0.15, -0.1) is 0 Å². The van der Waals surface area contributed by atoms with E-state index in [0.717, 1.165) is 23.5 Å². The molecule has 1 aromatic heterocycles. The summed E-state index contributed by atoms with van der Waals surface area (Å²) in [5.74, 6) is 0.599. The molecule has 0 fully saturated rings. The van der Waals surface area contributed by atoms with E-state index in [2.05, 4.69) is 22.5 Å². The number of benzene rings is 1. The molecule has 2 aromatic rings. The Balaban J connectivity index is 2.05. The molecule has 0 spiro atoms. The number of nitrogens with one attached hydrogen (secondary N) is 2. The summed E-state index contributed by atoms with van der Waals surface area (Å²) in [5.41, 5.74) is 1.96. The average Bonchev–Trinajstić information content (AvgIpc) is 2.54. The van der Waals surface area contributed by atoms with Crippen molar-refractivity contribution < 1.29 is 9.53 Å². The van der Waals surface area contributed by atoms with E-state index in [4.69, 9.17) is 4.74 Å². The third kappa shape index (κ3) is 3.95. The Kier molecular flexibility index (Phi) is 5.15. The van der Waals surface area contributed by atoms with Crippen LogP contribution in [0, 0.1) is 0 Å². The van der Waals surface area contributed by atoms with Crippen molar-refractivity contribution in [2.24, 2.45) is 0 Å². The number of carbonyl (C=O) groups is 1. The summed E-state index contributed by atoms with van der Waals surface area (Å²) in [7, 11) is 1.77. The van der Waals surface area contributed by atoms with Crippen molar-refractivity contribution in [3.63, 3.8) is 0 Å². The monoisotopic (exact) mass is 285 g/mol. The molecule has 0 saturated carbocycles. The van der Waals surface area contributed by atoms with E-state index in [1.54, 1.807) is 25.5 Å². The van der Waals surface area contributed by atoms with Gasteiger partial charge in [0.15, 0.2) is 0 Å². The molecule has 0 atom stereocenters. The quantitative estimate of drug-likeness (QED) is 0.855. The van der Waals surface area contributed by atoms with Crippen LogP contribution in [-0.4, -0.2) is 24.5 Å². The van der Waals surface area contributed by atoms with Gasteiger partial charge in [0.2, 0.25) is 0 Å². The number of rotatable bonds is 6. The third-order valence-electron chi connectivity index (χ3n) is 2.92. The first-order valence-electron chi connectivity index (χ1n) is 6.90. The third-order valence-corrected chi connectivity index (χ3v) is 2.92. The van der Waals surface area contributed by atoms with E-state index in [-0.39, 0.29) is 5.91 Å². The highest BCUT2D eigenvalue weighted by atomic mass is 16.5. The maximum absolute atomic E-state index is 12.2. The van der Waals surface area contributed by atoms with Gasteiger partial charge < -0.3 is 15.4 Å². The predicted molar refractivity (Wildman–Crippen MR) is 84.0 cm³/mol. The number of pyridine rings is 1. The molecule has 5 nitrogen and oxygen atoms in total. The van der Waals surface area contributed by atoms with Gasteiger partial charge in [-0.3, -0.25) is 9.78 Å². The molecule has 1 amide bonds. The Morgan fingerprint density at radius 3 is 2.67 bits per heavy atom. The Morgan fingerprint density at radius 1 is 1.24 bits per heavy atom. The molecule has 5 heteroatoms. The Hall–Kier alpha value is -2.56. The van der Waals surface area contributed by atoms with E-state index in [1.807, 2.05) is 24.3 Å². The van der Waals surface area contributed by atoms with Crippen LogP contribution in [0.5, 0.6) is 5.75 Å². The number of aromatic nitrogens is 1. The van der Waals surface area contributed by atoms with Gasteiger partial charge in [0.1, 0.15) is 5.75 Å². The van der Waals surface area contributed by atoms with Gasteiger partial charge in [-0.2, -0.15) is 0 Å². The summed E-state index contributed by atoms with van der Waals surface area (Å²) in [5, 5.41) is 5.82. The van der Waals surface area contributed by atoms with Gasteiger partial charge >= 0.3 is 0 Å². The first-order valence-corrected chi connectivity index (χ1v) is 6.90. The highest BCUT2D eigenvalue weighted by Gasteiger charge is 2.10. The lowest BCUT2D eigenvalue weighted by atomic mass is 10.2. The SMILES string of the molecule is CCCOc1ccc(NC(=O)c2cnccc2NC)cc1. The van der Waals surface area contributed by atoms with Crippen LogP contribution in [0.1, 0.15) is 23.7 Å². The smallest absolute Gasteiger partial charge is 0.259 e. The van der Waals surface area contributed by atoms with Crippen molar-refractivity contribution in [3.05, 3.63) is 48.3 Å². The molecular weight excluding hydrogens is 266 g/mol. The number of anilines is 2. The van der Waals surface area contributed by atoms with Crippen molar-refractivity contribution in [1.29, 1.82) is 0 Å². The van der Waals surface area contributed by atoms with Crippen LogP contribution in [0.25, 0.3) is 0 Å². The van der Waals surface area contributed by atoms with Crippen LogP contribution >= 0.6 is 0 Å². The minimum atomic E-state index is -0.199. The fourth-order valence-corrected chi connectivity index (χ4v) is 1.85. The largest absolute Gasteiger partial charge is 0.494 e. The van der Waals surface area contributed by atoms with Crippen molar-refractivity contribution in [3.8, 4) is 5.75 Å². The summed E-state index contributed by atoms with van der Waals surface area (Å²) in [6.45, 7) is 2.74. The highest BCUT2D eigenvalue weighted by Crippen LogP contribution is 2.18. The van der Waals surface area contributed by atoms with Gasteiger partial charge in [-0.05, 0) is 36.8 Å². The van der Waals surface area contributed by atoms with Gasteiger partial charge in [0.05, 0.1) is 12.2 Å². The minimum Gasteiger partial charge on any atom is -0.494 e. The van der Waals surface area contributed by atoms with Crippen molar-refractivity contribution in [1.82, 2.24) is 4.98 Å². The van der Waals surface area contributed by atoms with Gasteiger partial charge in [-0.25, -0.2) is 0 Å². The minimum absolute atomic E-state index is 0.199. The summed E-state index contributed by atoms with van der Waals surface area (Å²) in [6, 6.07) is 9.08. The summed E-state index contributed by atoms with van der Waals surface area (Å²) in [4.78, 5) is 16.2. The predicted octanol–water partition coefficient (Wildman–Crippen LogP) is 3.16. The van der Waals surface area contributed by atoms with Crippen LogP contribution in [0.4, 0.5) is 11.4 Å². The molecule has 21 heavy (non-hydrogen) atoms. The van der Waals surface area contributed by atoms with Crippen LogP contribution < -0.4 is 15.4 Å². The summed E-state index contributed by atoms with van der Waals surface area (Å²) < 4.78 is 5.50. The second kappa shape index (κ2) is 7.28. The van der Waals surface area contributed by atoms with Gasteiger partial charge in [0.25, 0.3) is 5.91 Å². The lowest BCUT2D eigenvalue weighted by molar-refractivity contribution is 0.102. The van der Waals surface area contributed by atoms with E-state index >= 15 is 0 Å². The maximum Gasteiger partial charge on any atom is 0.259 e. The first kappa shape index (κ1) is 14.8. The fourth-order valence-electron chi connectivity index (χ4n) is 1.85. The number of nitrogens with zero attached hydrogens (tertiary/aromatic N) is 1. The lowest BCUT2D eigenvalue weighted by Gasteiger charge is -2.10. The standard InChI is InChI=1S/C16H19N3O2/c1-3-10-21-13-6-4-12(5-7-13)19-16(20)14-11-18-9-8-15(14)17-2/h4-9,11H,3,10H2,1-2H3,(H,17,18)(H,19,20).